The first-order valence-electron chi connectivity index (χ1n) is 19.3. The molecule has 3 aromatic heterocycles. The number of likely N-dealkylation sites (tertiary alicyclic amines) is 1. The Hall–Kier alpha value is -6.25. The number of carbonyl (C=O) groups excluding carboxylic acids is 4. The Labute approximate surface area is 331 Å². The average Bonchev–Trinajstić information content (AvgIpc) is 4.01. The molecule has 57 heavy (non-hydrogen) atoms. The molecule has 0 spiro atoms. The van der Waals surface area contributed by atoms with Crippen LogP contribution in [-0.2, 0) is 25.5 Å². The van der Waals surface area contributed by atoms with Gasteiger partial charge in [-0.25, -0.2) is 24.5 Å². The molecule has 4 heterocycles. The Morgan fingerprint density at radius 2 is 1.60 bits per heavy atom. The second-order valence-electron chi connectivity index (χ2n) is 14.9. The molecule has 15 nitrogen and oxygen atoms in total. The summed E-state index contributed by atoms with van der Waals surface area (Å²) in [7, 11) is 2.57. The minimum absolute atomic E-state index is 0.0177. The molecular weight excluding hydrogens is 727 g/mol. The number of alkyl carbamates (subject to hydrolysis) is 2. The second kappa shape index (κ2) is 18.1. The number of hydrogen-bond donors (Lipinski definition) is 5. The Kier molecular flexibility index (Phi) is 12.9. The van der Waals surface area contributed by atoms with Gasteiger partial charge in [-0.2, -0.15) is 0 Å². The van der Waals surface area contributed by atoms with Crippen LogP contribution in [0.25, 0.3) is 44.7 Å². The summed E-state index contributed by atoms with van der Waals surface area (Å²) in [4.78, 5) is 71.5. The minimum Gasteiger partial charge on any atom is -0.453 e. The number of hydrogen-bond acceptors (Lipinski definition) is 9. The Morgan fingerprint density at radius 3 is 2.35 bits per heavy atom. The minimum atomic E-state index is -0.748. The summed E-state index contributed by atoms with van der Waals surface area (Å²) < 4.78 is 9.28. The number of nitrogens with one attached hydrogen (secondary N) is 5. The van der Waals surface area contributed by atoms with E-state index in [0.29, 0.717) is 13.1 Å². The standard InChI is InChI=1S/C42H51N9O6/c1-26(2)42(3,50-41(55)57-5)22-38(53)51-20-8-9-35(51)39-45-24-33(49-39)28-13-11-27(12-14-28)31-17-15-29-21-30(16-18-32(29)47-31)34-23-44-36(48-34)10-6-7-19-43-37(52)25-46-40(54)56-4/h11-18,21,23-24,26,35H,6-10,19-20,22,25H2,1-5H3,(H,43,52)(H,44,48)(H,45,49)(H,46,54)(H,50,55). The number of amides is 4. The summed E-state index contributed by atoms with van der Waals surface area (Å²) in [5.74, 6) is 1.35. The fourth-order valence-electron chi connectivity index (χ4n) is 6.94. The molecule has 1 aliphatic heterocycles. The molecular formula is C42H51N9O6. The number of nitrogens with zero attached hydrogens (tertiary/aromatic N) is 4. The number of carbonyl (C=O) groups is 4. The van der Waals surface area contributed by atoms with E-state index in [2.05, 4.69) is 47.8 Å². The van der Waals surface area contributed by atoms with Crippen molar-refractivity contribution in [3.63, 3.8) is 0 Å². The van der Waals surface area contributed by atoms with Crippen LogP contribution < -0.4 is 16.0 Å². The van der Waals surface area contributed by atoms with Crippen molar-refractivity contribution in [1.82, 2.24) is 45.8 Å². The SMILES string of the molecule is COC(=O)NCC(=O)NCCCCc1ncc(-c2ccc3nc(-c4ccc(-c5cnc(C6CCCN6C(=O)CC(C)(NC(=O)OC)C(C)C)[nH]5)cc4)ccc3c2)[nH]1. The fourth-order valence-corrected chi connectivity index (χ4v) is 6.94. The number of pyridine rings is 1. The highest BCUT2D eigenvalue weighted by Gasteiger charge is 2.39. The molecule has 1 saturated heterocycles. The van der Waals surface area contributed by atoms with Gasteiger partial charge < -0.3 is 40.3 Å². The van der Waals surface area contributed by atoms with Crippen molar-refractivity contribution < 1.29 is 28.7 Å². The highest BCUT2D eigenvalue weighted by molar-refractivity contribution is 5.86. The van der Waals surface area contributed by atoms with Gasteiger partial charge in [-0.05, 0) is 62.3 Å². The van der Waals surface area contributed by atoms with Gasteiger partial charge >= 0.3 is 12.2 Å². The number of aryl methyl sites for hydroxylation is 1. The van der Waals surface area contributed by atoms with Crippen LogP contribution in [0.15, 0.2) is 67.0 Å². The van der Waals surface area contributed by atoms with Crippen molar-refractivity contribution in [2.24, 2.45) is 5.92 Å². The van der Waals surface area contributed by atoms with Gasteiger partial charge in [-0.1, -0.05) is 50.2 Å². The third-order valence-electron chi connectivity index (χ3n) is 10.7. The fraction of sp³-hybridized carbons (Fsp3) is 0.405. The normalized spacial score (nSPS) is 15.0. The number of aromatic nitrogens is 5. The molecule has 1 fully saturated rings. The van der Waals surface area contributed by atoms with Crippen molar-refractivity contribution in [2.75, 3.05) is 33.9 Å². The van der Waals surface area contributed by atoms with Crippen molar-refractivity contribution >= 4 is 34.9 Å². The van der Waals surface area contributed by atoms with Gasteiger partial charge in [0.1, 0.15) is 11.6 Å². The largest absolute Gasteiger partial charge is 0.453 e. The van der Waals surface area contributed by atoms with E-state index >= 15 is 0 Å². The lowest BCUT2D eigenvalue weighted by Gasteiger charge is -2.36. The van der Waals surface area contributed by atoms with Crippen LogP contribution in [0.5, 0.6) is 0 Å². The zero-order valence-electron chi connectivity index (χ0n) is 33.1. The van der Waals surface area contributed by atoms with Gasteiger partial charge in [0.25, 0.3) is 0 Å². The first-order valence-corrected chi connectivity index (χ1v) is 19.3. The average molecular weight is 778 g/mol. The van der Waals surface area contributed by atoms with E-state index in [1.165, 1.54) is 14.2 Å². The number of H-pyrrole nitrogens is 2. The van der Waals surface area contributed by atoms with Gasteiger partial charge in [0.2, 0.25) is 11.8 Å². The van der Waals surface area contributed by atoms with Crippen LogP contribution in [0.4, 0.5) is 9.59 Å². The summed E-state index contributed by atoms with van der Waals surface area (Å²) in [6, 6.07) is 18.3. The Bertz CT molecular complexity index is 2200. The first kappa shape index (κ1) is 40.4. The summed E-state index contributed by atoms with van der Waals surface area (Å²) in [6.07, 6.45) is 6.67. The maximum atomic E-state index is 13.6. The van der Waals surface area contributed by atoms with E-state index < -0.39 is 17.7 Å². The number of aromatic amines is 2. The number of fused-ring (bicyclic) bond motifs is 1. The van der Waals surface area contributed by atoms with Crippen LogP contribution in [-0.4, -0.2) is 93.2 Å². The number of rotatable bonds is 15. The summed E-state index contributed by atoms with van der Waals surface area (Å²) in [5, 5.41) is 9.01. The molecule has 15 heteroatoms. The zero-order chi connectivity index (χ0) is 40.5. The van der Waals surface area contributed by atoms with Gasteiger partial charge in [0.15, 0.2) is 0 Å². The summed E-state index contributed by atoms with van der Waals surface area (Å²) >= 11 is 0. The van der Waals surface area contributed by atoms with Gasteiger partial charge in [-0.15, -0.1) is 0 Å². The number of imidazole rings is 2. The molecule has 1 aliphatic rings. The zero-order valence-corrected chi connectivity index (χ0v) is 33.1. The first-order chi connectivity index (χ1) is 27.5. The molecule has 300 valence electrons. The molecule has 5 aromatic rings. The molecule has 2 unspecified atom stereocenters. The highest BCUT2D eigenvalue weighted by Crippen LogP contribution is 2.34. The molecule has 2 atom stereocenters. The van der Waals surface area contributed by atoms with Crippen molar-refractivity contribution in [2.45, 2.75) is 70.9 Å². The molecule has 4 amide bonds. The Morgan fingerprint density at radius 1 is 0.877 bits per heavy atom. The third-order valence-corrected chi connectivity index (χ3v) is 10.7. The number of ether oxygens (including phenoxy) is 2. The van der Waals surface area contributed by atoms with E-state index in [1.807, 2.05) is 80.5 Å². The number of unbranched alkanes of at least 4 members (excludes halogenated alkanes) is 1. The molecule has 6 rings (SSSR count). The van der Waals surface area contributed by atoms with Gasteiger partial charge in [0.05, 0.1) is 73.8 Å². The van der Waals surface area contributed by atoms with Crippen molar-refractivity contribution in [3.8, 4) is 33.8 Å². The molecule has 0 bridgehead atoms. The summed E-state index contributed by atoms with van der Waals surface area (Å²) in [6.45, 7) is 6.87. The van der Waals surface area contributed by atoms with Crippen molar-refractivity contribution in [3.05, 3.63) is 78.6 Å². The van der Waals surface area contributed by atoms with E-state index in [0.717, 1.165) is 88.4 Å². The van der Waals surface area contributed by atoms with Crippen LogP contribution in [0.1, 0.15) is 70.6 Å². The lowest BCUT2D eigenvalue weighted by molar-refractivity contribution is -0.134. The van der Waals surface area contributed by atoms with E-state index in [4.69, 9.17) is 14.7 Å². The maximum Gasteiger partial charge on any atom is 0.407 e. The molecule has 2 aromatic carbocycles. The van der Waals surface area contributed by atoms with E-state index in [9.17, 15) is 19.2 Å². The topological polar surface area (TPSA) is 196 Å². The highest BCUT2D eigenvalue weighted by atomic mass is 16.5. The number of benzene rings is 2. The van der Waals surface area contributed by atoms with Crippen LogP contribution >= 0.6 is 0 Å². The van der Waals surface area contributed by atoms with Crippen LogP contribution in [0.3, 0.4) is 0 Å². The van der Waals surface area contributed by atoms with E-state index in [-0.39, 0.29) is 36.7 Å². The predicted molar refractivity (Wildman–Crippen MR) is 216 cm³/mol. The Balaban J connectivity index is 1.04. The van der Waals surface area contributed by atoms with Crippen LogP contribution in [0, 0.1) is 5.92 Å². The predicted octanol–water partition coefficient (Wildman–Crippen LogP) is 6.30. The van der Waals surface area contributed by atoms with Gasteiger partial charge in [-0.3, -0.25) is 9.59 Å². The van der Waals surface area contributed by atoms with Gasteiger partial charge in [0, 0.05) is 36.0 Å². The molecule has 0 aliphatic carbocycles. The van der Waals surface area contributed by atoms with Crippen molar-refractivity contribution in [1.29, 1.82) is 0 Å². The maximum absolute atomic E-state index is 13.6. The third kappa shape index (κ3) is 9.95. The van der Waals surface area contributed by atoms with Crippen LogP contribution in [0.2, 0.25) is 0 Å². The summed E-state index contributed by atoms with van der Waals surface area (Å²) in [5.41, 5.74) is 5.76. The number of methoxy groups -OCH3 is 2. The molecule has 0 saturated carbocycles. The molecule has 5 N–H and O–H groups in total. The van der Waals surface area contributed by atoms with E-state index in [1.54, 1.807) is 0 Å². The monoisotopic (exact) mass is 777 g/mol. The second-order valence-corrected chi connectivity index (χ2v) is 14.9. The quantitative estimate of drug-likeness (QED) is 0.0758. The smallest absolute Gasteiger partial charge is 0.407 e. The lowest BCUT2D eigenvalue weighted by Crippen LogP contribution is -2.53. The lowest BCUT2D eigenvalue weighted by atomic mass is 9.84. The molecule has 0 radical (unpaired) electrons.